The maximum absolute atomic E-state index is 6.04. The highest BCUT2D eigenvalue weighted by atomic mass is 16.5. The summed E-state index contributed by atoms with van der Waals surface area (Å²) in [6.07, 6.45) is 2.76. The molecule has 3 nitrogen and oxygen atoms in total. The first kappa shape index (κ1) is 9.44. The predicted molar refractivity (Wildman–Crippen MR) is 50.8 cm³/mol. The van der Waals surface area contributed by atoms with E-state index in [9.17, 15) is 0 Å². The van der Waals surface area contributed by atoms with Crippen molar-refractivity contribution in [2.45, 2.75) is 44.5 Å². The van der Waals surface area contributed by atoms with Crippen LogP contribution in [0.5, 0.6) is 0 Å². The molecule has 2 saturated heterocycles. The third-order valence-electron chi connectivity index (χ3n) is 2.95. The van der Waals surface area contributed by atoms with Crippen molar-refractivity contribution in [1.82, 2.24) is 5.32 Å². The van der Waals surface area contributed by atoms with Gasteiger partial charge in [-0.25, -0.2) is 0 Å². The molecule has 0 saturated carbocycles. The minimum absolute atomic E-state index is 0.0648. The van der Waals surface area contributed by atoms with Crippen molar-refractivity contribution in [3.63, 3.8) is 0 Å². The van der Waals surface area contributed by atoms with Gasteiger partial charge in [0.15, 0.2) is 0 Å². The maximum Gasteiger partial charge on any atom is 0.0856 e. The van der Waals surface area contributed by atoms with Crippen LogP contribution in [0.1, 0.15) is 26.7 Å². The fraction of sp³-hybridized carbons (Fsp3) is 1.00. The second kappa shape index (κ2) is 3.56. The van der Waals surface area contributed by atoms with Crippen LogP contribution < -0.4 is 5.32 Å². The summed E-state index contributed by atoms with van der Waals surface area (Å²) < 4.78 is 11.6. The van der Waals surface area contributed by atoms with Gasteiger partial charge in [-0.2, -0.15) is 0 Å². The van der Waals surface area contributed by atoms with Crippen molar-refractivity contribution in [2.24, 2.45) is 0 Å². The quantitative estimate of drug-likeness (QED) is 0.609. The molecule has 0 aliphatic carbocycles. The van der Waals surface area contributed by atoms with Crippen LogP contribution in [0.25, 0.3) is 0 Å². The lowest BCUT2D eigenvalue weighted by molar-refractivity contribution is -0.169. The lowest BCUT2D eigenvalue weighted by Crippen LogP contribution is -2.56. The minimum atomic E-state index is 0.0648. The zero-order valence-corrected chi connectivity index (χ0v) is 8.51. The van der Waals surface area contributed by atoms with Crippen molar-refractivity contribution in [1.29, 1.82) is 0 Å². The third-order valence-corrected chi connectivity index (χ3v) is 2.95. The van der Waals surface area contributed by atoms with Gasteiger partial charge in [-0.15, -0.1) is 0 Å². The van der Waals surface area contributed by atoms with E-state index in [0.717, 1.165) is 32.5 Å². The average Bonchev–Trinajstić information content (AvgIpc) is 2.02. The summed E-state index contributed by atoms with van der Waals surface area (Å²) in [7, 11) is 0. The van der Waals surface area contributed by atoms with Crippen LogP contribution in [0.2, 0.25) is 0 Å². The van der Waals surface area contributed by atoms with Gasteiger partial charge in [-0.05, 0) is 13.8 Å². The Morgan fingerprint density at radius 3 is 2.85 bits per heavy atom. The Morgan fingerprint density at radius 2 is 2.15 bits per heavy atom. The largest absolute Gasteiger partial charge is 0.378 e. The van der Waals surface area contributed by atoms with Gasteiger partial charge < -0.3 is 14.8 Å². The summed E-state index contributed by atoms with van der Waals surface area (Å²) >= 11 is 0. The first-order valence-corrected chi connectivity index (χ1v) is 5.20. The molecule has 2 rings (SSSR count). The van der Waals surface area contributed by atoms with Gasteiger partial charge in [0.05, 0.1) is 17.8 Å². The molecule has 2 aliphatic rings. The number of morpholine rings is 1. The van der Waals surface area contributed by atoms with Crippen LogP contribution in [0.3, 0.4) is 0 Å². The zero-order valence-electron chi connectivity index (χ0n) is 8.51. The van der Waals surface area contributed by atoms with E-state index in [-0.39, 0.29) is 5.60 Å². The highest BCUT2D eigenvalue weighted by molar-refractivity contribution is 4.92. The van der Waals surface area contributed by atoms with Crippen LogP contribution in [0.15, 0.2) is 0 Å². The SMILES string of the molecule is C[C@@H]1CNC[C@@]2(CCO[C@@H](C)C2)O1. The Balaban J connectivity index is 2.00. The molecule has 2 heterocycles. The van der Waals surface area contributed by atoms with Gasteiger partial charge in [-0.1, -0.05) is 0 Å². The number of hydrogen-bond donors (Lipinski definition) is 1. The van der Waals surface area contributed by atoms with E-state index in [1.54, 1.807) is 0 Å². The molecule has 13 heavy (non-hydrogen) atoms. The van der Waals surface area contributed by atoms with E-state index in [1.807, 2.05) is 0 Å². The fourth-order valence-corrected chi connectivity index (χ4v) is 2.41. The summed E-state index contributed by atoms with van der Waals surface area (Å²) in [4.78, 5) is 0. The van der Waals surface area contributed by atoms with E-state index in [0.29, 0.717) is 12.2 Å². The summed E-state index contributed by atoms with van der Waals surface area (Å²) in [5, 5.41) is 3.44. The summed E-state index contributed by atoms with van der Waals surface area (Å²) in [6, 6.07) is 0. The molecular formula is C10H19NO2. The predicted octanol–water partition coefficient (Wildman–Crippen LogP) is 0.932. The molecular weight excluding hydrogens is 166 g/mol. The van der Waals surface area contributed by atoms with Crippen LogP contribution in [-0.2, 0) is 9.47 Å². The van der Waals surface area contributed by atoms with Gasteiger partial charge in [-0.3, -0.25) is 0 Å². The summed E-state index contributed by atoms with van der Waals surface area (Å²) in [6.45, 7) is 7.08. The van der Waals surface area contributed by atoms with Gasteiger partial charge >= 0.3 is 0 Å². The van der Waals surface area contributed by atoms with E-state index >= 15 is 0 Å². The van der Waals surface area contributed by atoms with Crippen molar-refractivity contribution >= 4 is 0 Å². The smallest absolute Gasteiger partial charge is 0.0856 e. The van der Waals surface area contributed by atoms with Crippen LogP contribution >= 0.6 is 0 Å². The highest BCUT2D eigenvalue weighted by Gasteiger charge is 2.39. The second-order valence-corrected chi connectivity index (χ2v) is 4.38. The highest BCUT2D eigenvalue weighted by Crippen LogP contribution is 2.30. The lowest BCUT2D eigenvalue weighted by atomic mass is 9.89. The molecule has 3 atom stereocenters. The topological polar surface area (TPSA) is 30.5 Å². The number of hydrogen-bond acceptors (Lipinski definition) is 3. The molecule has 76 valence electrons. The van der Waals surface area contributed by atoms with Crippen molar-refractivity contribution in [2.75, 3.05) is 19.7 Å². The fourth-order valence-electron chi connectivity index (χ4n) is 2.41. The monoisotopic (exact) mass is 185 g/mol. The second-order valence-electron chi connectivity index (χ2n) is 4.38. The average molecular weight is 185 g/mol. The van der Waals surface area contributed by atoms with Crippen LogP contribution in [-0.4, -0.2) is 37.5 Å². The lowest BCUT2D eigenvalue weighted by Gasteiger charge is -2.45. The zero-order chi connectivity index (χ0) is 9.31. The van der Waals surface area contributed by atoms with Crippen molar-refractivity contribution in [3.05, 3.63) is 0 Å². The minimum Gasteiger partial charge on any atom is -0.378 e. The molecule has 0 aromatic carbocycles. The molecule has 0 unspecified atom stereocenters. The third kappa shape index (κ3) is 2.03. The van der Waals surface area contributed by atoms with E-state index in [4.69, 9.17) is 9.47 Å². The Labute approximate surface area is 79.8 Å². The van der Waals surface area contributed by atoms with Crippen LogP contribution in [0.4, 0.5) is 0 Å². The molecule has 0 bridgehead atoms. The van der Waals surface area contributed by atoms with Gasteiger partial charge in [0.25, 0.3) is 0 Å². The molecule has 0 aromatic heterocycles. The van der Waals surface area contributed by atoms with Crippen molar-refractivity contribution in [3.8, 4) is 0 Å². The Kier molecular flexibility index (Phi) is 2.58. The van der Waals surface area contributed by atoms with E-state index < -0.39 is 0 Å². The molecule has 2 aliphatic heterocycles. The molecule has 1 N–H and O–H groups in total. The maximum atomic E-state index is 6.04. The number of rotatable bonds is 0. The van der Waals surface area contributed by atoms with Gasteiger partial charge in [0, 0.05) is 32.5 Å². The normalized spacial score (nSPS) is 46.6. The molecule has 1 spiro atoms. The van der Waals surface area contributed by atoms with E-state index in [2.05, 4.69) is 19.2 Å². The first-order valence-electron chi connectivity index (χ1n) is 5.20. The Hall–Kier alpha value is -0.120. The number of nitrogens with one attached hydrogen (secondary N) is 1. The molecule has 2 fully saturated rings. The van der Waals surface area contributed by atoms with Crippen LogP contribution in [0, 0.1) is 0 Å². The van der Waals surface area contributed by atoms with Gasteiger partial charge in [0.1, 0.15) is 0 Å². The standard InChI is InChI=1S/C10H19NO2/c1-8-5-10(3-4-12-8)7-11-6-9(2)13-10/h8-9,11H,3-7H2,1-2H3/t8-,9+,10-/m0/s1. The summed E-state index contributed by atoms with van der Waals surface area (Å²) in [5.41, 5.74) is 0.0648. The number of ether oxygens (including phenoxy) is 2. The Bertz CT molecular complexity index is 164. The molecule has 0 amide bonds. The van der Waals surface area contributed by atoms with Crippen molar-refractivity contribution < 1.29 is 9.47 Å². The van der Waals surface area contributed by atoms with Gasteiger partial charge in [0.2, 0.25) is 0 Å². The molecule has 0 radical (unpaired) electrons. The first-order chi connectivity index (χ1) is 6.20. The molecule has 3 heteroatoms. The summed E-state index contributed by atoms with van der Waals surface area (Å²) in [5.74, 6) is 0. The van der Waals surface area contributed by atoms with E-state index in [1.165, 1.54) is 0 Å². The Morgan fingerprint density at radius 1 is 1.31 bits per heavy atom. The molecule has 0 aromatic rings.